The topological polar surface area (TPSA) is 72.6 Å². The molecule has 1 aromatic heterocycles. The zero-order valence-corrected chi connectivity index (χ0v) is 24.3. The maximum absolute atomic E-state index is 13.4. The van der Waals surface area contributed by atoms with E-state index in [2.05, 4.69) is 22.8 Å². The van der Waals surface area contributed by atoms with Crippen LogP contribution in [-0.2, 0) is 11.3 Å². The molecule has 0 atom stereocenters. The van der Waals surface area contributed by atoms with E-state index in [1.165, 1.54) is 23.9 Å². The van der Waals surface area contributed by atoms with Crippen LogP contribution >= 0.6 is 24.0 Å². The highest BCUT2D eigenvalue weighted by Gasteiger charge is 2.33. The second-order valence-corrected chi connectivity index (χ2v) is 11.4. The number of halogens is 1. The smallest absolute Gasteiger partial charge is 0.270 e. The van der Waals surface area contributed by atoms with Gasteiger partial charge in [0.15, 0.2) is 0 Å². The summed E-state index contributed by atoms with van der Waals surface area (Å²) in [5, 5.41) is 9.83. The molecule has 206 valence electrons. The van der Waals surface area contributed by atoms with Gasteiger partial charge in [0.05, 0.1) is 4.91 Å². The molecule has 0 unspecified atom stereocenters. The quantitative estimate of drug-likeness (QED) is 0.231. The number of carbonyl (C=O) groups is 1. The standard InChI is InChI=1S/C29H34FN5O2S2/c1-4-6-7-8-13-35-28(37)25(39-29(35)38)18-23-20(3)24(19-31)27(36)34(5-2)26(23)33-16-14-32(15-17-33)22-11-9-21(30)10-12-22/h9-12,18H,4-8,13-17H2,1-3H3/b25-18+. The number of benzene rings is 1. The van der Waals surface area contributed by atoms with Gasteiger partial charge in [-0.1, -0.05) is 50.2 Å². The van der Waals surface area contributed by atoms with Crippen molar-refractivity contribution in [1.82, 2.24) is 9.47 Å². The number of thiocarbonyl (C=S) groups is 1. The lowest BCUT2D eigenvalue weighted by atomic mass is 10.0. The maximum atomic E-state index is 13.4. The average molecular weight is 568 g/mol. The number of anilines is 2. The highest BCUT2D eigenvalue weighted by Crippen LogP contribution is 2.36. The van der Waals surface area contributed by atoms with E-state index in [1.54, 1.807) is 28.5 Å². The van der Waals surface area contributed by atoms with E-state index in [1.807, 2.05) is 13.0 Å². The van der Waals surface area contributed by atoms with Crippen LogP contribution in [-0.4, -0.2) is 52.4 Å². The summed E-state index contributed by atoms with van der Waals surface area (Å²) in [6.07, 6.45) is 6.00. The van der Waals surface area contributed by atoms with Crippen LogP contribution in [0.5, 0.6) is 0 Å². The van der Waals surface area contributed by atoms with Crippen LogP contribution in [0.4, 0.5) is 15.9 Å². The minimum Gasteiger partial charge on any atom is -0.368 e. The molecule has 3 heterocycles. The van der Waals surface area contributed by atoms with Gasteiger partial charge in [0, 0.05) is 50.5 Å². The van der Waals surface area contributed by atoms with Gasteiger partial charge >= 0.3 is 0 Å². The number of hydrogen-bond acceptors (Lipinski definition) is 7. The van der Waals surface area contributed by atoms with Crippen molar-refractivity contribution in [2.24, 2.45) is 0 Å². The fraction of sp³-hybridized carbons (Fsp3) is 0.448. The Kier molecular flexibility index (Phi) is 9.46. The lowest BCUT2D eigenvalue weighted by molar-refractivity contribution is -0.122. The first-order valence-electron chi connectivity index (χ1n) is 13.5. The molecule has 2 saturated heterocycles. The first kappa shape index (κ1) is 28.8. The van der Waals surface area contributed by atoms with Crippen molar-refractivity contribution < 1.29 is 9.18 Å². The Morgan fingerprint density at radius 2 is 1.72 bits per heavy atom. The molecule has 0 bridgehead atoms. The van der Waals surface area contributed by atoms with Crippen LogP contribution in [0.15, 0.2) is 34.0 Å². The van der Waals surface area contributed by atoms with Crippen molar-refractivity contribution in [2.75, 3.05) is 42.5 Å². The molecule has 0 radical (unpaired) electrons. The van der Waals surface area contributed by atoms with Gasteiger partial charge in [0.1, 0.15) is 27.6 Å². The van der Waals surface area contributed by atoms with E-state index in [4.69, 9.17) is 12.2 Å². The summed E-state index contributed by atoms with van der Waals surface area (Å²) >= 11 is 6.82. The van der Waals surface area contributed by atoms with Gasteiger partial charge in [-0.2, -0.15) is 5.26 Å². The number of nitriles is 1. The van der Waals surface area contributed by atoms with E-state index in [0.29, 0.717) is 65.4 Å². The summed E-state index contributed by atoms with van der Waals surface area (Å²) in [4.78, 5) is 33.2. The second kappa shape index (κ2) is 12.8. The second-order valence-electron chi connectivity index (χ2n) is 9.74. The van der Waals surface area contributed by atoms with Crippen molar-refractivity contribution >= 4 is 51.8 Å². The molecule has 2 fully saturated rings. The Hall–Kier alpha value is -3.16. The Morgan fingerprint density at radius 3 is 2.33 bits per heavy atom. The van der Waals surface area contributed by atoms with Crippen LogP contribution in [0.1, 0.15) is 56.2 Å². The van der Waals surface area contributed by atoms with Gasteiger partial charge in [0.2, 0.25) is 0 Å². The number of hydrogen-bond donors (Lipinski definition) is 0. The molecule has 1 aromatic carbocycles. The van der Waals surface area contributed by atoms with Gasteiger partial charge in [-0.05, 0) is 56.2 Å². The van der Waals surface area contributed by atoms with E-state index in [9.17, 15) is 19.2 Å². The van der Waals surface area contributed by atoms with Gasteiger partial charge < -0.3 is 9.80 Å². The SMILES string of the molecule is CCCCCCN1C(=O)/C(=C\c2c(C)c(C#N)c(=O)n(CC)c2N2CCN(c3ccc(F)cc3)CC2)SC1=S. The molecule has 2 aliphatic heterocycles. The van der Waals surface area contributed by atoms with Crippen LogP contribution in [0, 0.1) is 24.1 Å². The van der Waals surface area contributed by atoms with Crippen molar-refractivity contribution in [1.29, 1.82) is 5.26 Å². The first-order chi connectivity index (χ1) is 18.8. The molecule has 1 amide bonds. The Balaban J connectivity index is 1.68. The summed E-state index contributed by atoms with van der Waals surface area (Å²) in [6.45, 7) is 9.41. The molecule has 2 aliphatic rings. The van der Waals surface area contributed by atoms with E-state index < -0.39 is 0 Å². The van der Waals surface area contributed by atoms with Crippen molar-refractivity contribution in [3.8, 4) is 6.07 Å². The number of carbonyl (C=O) groups excluding carboxylic acids is 1. The van der Waals surface area contributed by atoms with Gasteiger partial charge in [-0.15, -0.1) is 0 Å². The molecule has 10 heteroatoms. The average Bonchev–Trinajstić information content (AvgIpc) is 3.20. The number of nitrogens with zero attached hydrogens (tertiary/aromatic N) is 5. The highest BCUT2D eigenvalue weighted by molar-refractivity contribution is 8.26. The van der Waals surface area contributed by atoms with E-state index in [0.717, 1.165) is 31.4 Å². The number of unbranched alkanes of at least 4 members (excludes halogenated alkanes) is 3. The summed E-state index contributed by atoms with van der Waals surface area (Å²) < 4.78 is 15.6. The van der Waals surface area contributed by atoms with Crippen molar-refractivity contribution in [2.45, 2.75) is 53.0 Å². The van der Waals surface area contributed by atoms with E-state index >= 15 is 0 Å². The predicted molar refractivity (Wildman–Crippen MR) is 161 cm³/mol. The molecule has 2 aromatic rings. The van der Waals surface area contributed by atoms with Crippen molar-refractivity contribution in [3.05, 3.63) is 62.0 Å². The maximum Gasteiger partial charge on any atom is 0.270 e. The fourth-order valence-electron chi connectivity index (χ4n) is 5.13. The van der Waals surface area contributed by atoms with Crippen LogP contribution in [0.25, 0.3) is 6.08 Å². The normalized spacial score (nSPS) is 16.9. The summed E-state index contributed by atoms with van der Waals surface area (Å²) in [5.41, 5.74) is 1.98. The fourth-order valence-corrected chi connectivity index (χ4v) is 6.42. The van der Waals surface area contributed by atoms with Gasteiger partial charge in [-0.3, -0.25) is 19.1 Å². The lowest BCUT2D eigenvalue weighted by Gasteiger charge is -2.39. The third-order valence-electron chi connectivity index (χ3n) is 7.32. The van der Waals surface area contributed by atoms with E-state index in [-0.39, 0.29) is 22.8 Å². The number of thioether (sulfide) groups is 1. The molecule has 0 aliphatic carbocycles. The third kappa shape index (κ3) is 6.04. The summed E-state index contributed by atoms with van der Waals surface area (Å²) in [5.74, 6) is 0.320. The zero-order valence-electron chi connectivity index (χ0n) is 22.7. The summed E-state index contributed by atoms with van der Waals surface area (Å²) in [6, 6.07) is 8.55. The number of rotatable bonds is 9. The predicted octanol–water partition coefficient (Wildman–Crippen LogP) is 5.30. The Labute approximate surface area is 238 Å². The minimum atomic E-state index is -0.325. The largest absolute Gasteiger partial charge is 0.368 e. The number of aromatic nitrogens is 1. The monoisotopic (exact) mass is 567 g/mol. The van der Waals surface area contributed by atoms with Crippen LogP contribution in [0.3, 0.4) is 0 Å². The minimum absolute atomic E-state index is 0.0897. The van der Waals surface area contributed by atoms with Gasteiger partial charge in [0.25, 0.3) is 11.5 Å². The highest BCUT2D eigenvalue weighted by atomic mass is 32.2. The lowest BCUT2D eigenvalue weighted by Crippen LogP contribution is -2.48. The first-order valence-corrected chi connectivity index (χ1v) is 14.7. The third-order valence-corrected chi connectivity index (χ3v) is 8.70. The number of amides is 1. The number of piperazine rings is 1. The molecule has 7 nitrogen and oxygen atoms in total. The van der Waals surface area contributed by atoms with Crippen LogP contribution in [0.2, 0.25) is 0 Å². The molecular weight excluding hydrogens is 533 g/mol. The molecular formula is C29H34FN5O2S2. The summed E-state index contributed by atoms with van der Waals surface area (Å²) in [7, 11) is 0. The number of pyridine rings is 1. The van der Waals surface area contributed by atoms with Crippen LogP contribution < -0.4 is 15.4 Å². The van der Waals surface area contributed by atoms with Crippen molar-refractivity contribution in [3.63, 3.8) is 0 Å². The molecule has 0 N–H and O–H groups in total. The molecule has 4 rings (SSSR count). The Bertz CT molecular complexity index is 1370. The zero-order chi connectivity index (χ0) is 28.1. The molecule has 0 saturated carbocycles. The molecule has 0 spiro atoms. The molecule has 39 heavy (non-hydrogen) atoms. The van der Waals surface area contributed by atoms with Gasteiger partial charge in [-0.25, -0.2) is 4.39 Å². The Morgan fingerprint density at radius 1 is 1.05 bits per heavy atom.